The summed E-state index contributed by atoms with van der Waals surface area (Å²) in [5.74, 6) is 0. The van der Waals surface area contributed by atoms with Gasteiger partial charge in [-0.2, -0.15) is 16.8 Å². The Kier molecular flexibility index (Phi) is 4.49. The van der Waals surface area contributed by atoms with Gasteiger partial charge in [-0.05, 0) is 0 Å². The van der Waals surface area contributed by atoms with Crippen molar-refractivity contribution in [2.45, 2.75) is 24.9 Å². The van der Waals surface area contributed by atoms with Gasteiger partial charge in [0.1, 0.15) is 12.2 Å². The van der Waals surface area contributed by atoms with Crippen molar-refractivity contribution in [3.8, 4) is 0 Å². The van der Waals surface area contributed by atoms with E-state index in [1.165, 1.54) is 0 Å². The van der Waals surface area contributed by atoms with E-state index in [0.717, 1.165) is 12.5 Å². The monoisotopic (exact) mass is 290 g/mol. The van der Waals surface area contributed by atoms with Crippen molar-refractivity contribution < 1.29 is 35.0 Å². The fourth-order valence-electron chi connectivity index (χ4n) is 1.36. The van der Waals surface area contributed by atoms with Gasteiger partial charge < -0.3 is 9.84 Å². The maximum Gasteiger partial charge on any atom is 0.264 e. The summed E-state index contributed by atoms with van der Waals surface area (Å²) < 4.78 is 57.4. The Morgan fingerprint density at radius 3 is 2.29 bits per heavy atom. The van der Waals surface area contributed by atoms with Gasteiger partial charge in [-0.1, -0.05) is 0 Å². The number of hydrogen-bond donors (Lipinski definition) is 1. The fourth-order valence-corrected chi connectivity index (χ4v) is 2.39. The summed E-state index contributed by atoms with van der Waals surface area (Å²) in [6.45, 7) is -0.407. The molecule has 1 N–H and O–H groups in total. The smallest absolute Gasteiger partial charge is 0.264 e. The molecule has 10 heteroatoms. The largest absolute Gasteiger partial charge is 0.368 e. The first-order chi connectivity index (χ1) is 7.57. The van der Waals surface area contributed by atoms with Gasteiger partial charge in [0.15, 0.2) is 6.29 Å². The summed E-state index contributed by atoms with van der Waals surface area (Å²) in [6, 6.07) is 0. The van der Waals surface area contributed by atoms with Crippen LogP contribution in [0.5, 0.6) is 0 Å². The molecule has 0 bridgehead atoms. The Morgan fingerprint density at radius 1 is 1.24 bits per heavy atom. The molecule has 0 radical (unpaired) electrons. The number of ether oxygens (including phenoxy) is 1. The Bertz CT molecular complexity index is 452. The highest BCUT2D eigenvalue weighted by atomic mass is 32.2. The predicted molar refractivity (Wildman–Crippen MR) is 56.0 cm³/mol. The summed E-state index contributed by atoms with van der Waals surface area (Å²) in [7, 11) is -7.38. The Labute approximate surface area is 99.7 Å². The molecule has 1 aliphatic rings. The lowest BCUT2D eigenvalue weighted by molar-refractivity contribution is -0.103. The van der Waals surface area contributed by atoms with E-state index in [2.05, 4.69) is 8.37 Å². The second-order valence-corrected chi connectivity index (χ2v) is 6.94. The van der Waals surface area contributed by atoms with E-state index >= 15 is 0 Å². The second kappa shape index (κ2) is 5.16. The number of aliphatic hydroxyl groups is 1. The minimum atomic E-state index is -3.71. The summed E-state index contributed by atoms with van der Waals surface area (Å²) in [5, 5.41) is 9.19. The second-order valence-electron chi connectivity index (χ2n) is 3.69. The SMILES string of the molecule is CS(=O)(=O)OCC1OC(O)CC1OS(C)(=O)=O. The van der Waals surface area contributed by atoms with Crippen LogP contribution in [-0.4, -0.2) is 59.6 Å². The van der Waals surface area contributed by atoms with E-state index in [-0.39, 0.29) is 6.42 Å². The highest BCUT2D eigenvalue weighted by Gasteiger charge is 2.38. The molecule has 8 nitrogen and oxygen atoms in total. The van der Waals surface area contributed by atoms with Crippen LogP contribution in [0, 0.1) is 0 Å². The van der Waals surface area contributed by atoms with Gasteiger partial charge >= 0.3 is 0 Å². The minimum Gasteiger partial charge on any atom is -0.368 e. The Morgan fingerprint density at radius 2 is 1.82 bits per heavy atom. The first-order valence-corrected chi connectivity index (χ1v) is 8.26. The third-order valence-corrected chi connectivity index (χ3v) is 3.09. The average molecular weight is 290 g/mol. The van der Waals surface area contributed by atoms with Gasteiger partial charge in [-0.3, -0.25) is 8.37 Å². The van der Waals surface area contributed by atoms with Crippen LogP contribution in [0.4, 0.5) is 0 Å². The molecule has 3 unspecified atom stereocenters. The molecule has 1 aliphatic heterocycles. The highest BCUT2D eigenvalue weighted by molar-refractivity contribution is 7.86. The molecule has 1 saturated heterocycles. The molecule has 1 fully saturated rings. The molecule has 0 saturated carbocycles. The molecule has 102 valence electrons. The van der Waals surface area contributed by atoms with Crippen LogP contribution in [0.3, 0.4) is 0 Å². The molecular weight excluding hydrogens is 276 g/mol. The molecular formula is C7H14O8S2. The van der Waals surface area contributed by atoms with Gasteiger partial charge in [0.2, 0.25) is 0 Å². The van der Waals surface area contributed by atoms with E-state index in [1.807, 2.05) is 0 Å². The van der Waals surface area contributed by atoms with Crippen molar-refractivity contribution in [3.05, 3.63) is 0 Å². The lowest BCUT2D eigenvalue weighted by Gasteiger charge is -2.16. The van der Waals surface area contributed by atoms with Crippen LogP contribution in [0.25, 0.3) is 0 Å². The molecule has 0 amide bonds. The van der Waals surface area contributed by atoms with E-state index in [1.54, 1.807) is 0 Å². The van der Waals surface area contributed by atoms with E-state index in [9.17, 15) is 21.9 Å². The molecule has 3 atom stereocenters. The zero-order chi connectivity index (χ0) is 13.3. The lowest BCUT2D eigenvalue weighted by Crippen LogP contribution is -2.31. The van der Waals surface area contributed by atoms with Gasteiger partial charge in [0.05, 0.1) is 19.1 Å². The number of aliphatic hydroxyl groups excluding tert-OH is 1. The predicted octanol–water partition coefficient (Wildman–Crippen LogP) is -1.59. The molecule has 0 spiro atoms. The zero-order valence-corrected chi connectivity index (χ0v) is 10.9. The third kappa shape index (κ3) is 5.75. The van der Waals surface area contributed by atoms with Crippen molar-refractivity contribution in [1.82, 2.24) is 0 Å². The van der Waals surface area contributed by atoms with Crippen molar-refractivity contribution in [2.75, 3.05) is 19.1 Å². The van der Waals surface area contributed by atoms with E-state index in [4.69, 9.17) is 4.74 Å². The molecule has 0 aliphatic carbocycles. The standard InChI is InChI=1S/C7H14O8S2/c1-16(9,10)13-4-6-5(3-7(8)14-6)15-17(2,11)12/h5-8H,3-4H2,1-2H3. The van der Waals surface area contributed by atoms with Crippen molar-refractivity contribution in [2.24, 2.45) is 0 Å². The fraction of sp³-hybridized carbons (Fsp3) is 1.00. The normalized spacial score (nSPS) is 30.6. The molecule has 0 aromatic heterocycles. The molecule has 0 aromatic rings. The lowest BCUT2D eigenvalue weighted by atomic mass is 10.2. The summed E-state index contributed by atoms with van der Waals surface area (Å²) in [6.07, 6.45) is -1.46. The summed E-state index contributed by atoms with van der Waals surface area (Å²) >= 11 is 0. The molecule has 17 heavy (non-hydrogen) atoms. The topological polar surface area (TPSA) is 116 Å². The zero-order valence-electron chi connectivity index (χ0n) is 9.27. The maximum absolute atomic E-state index is 10.9. The molecule has 1 heterocycles. The van der Waals surface area contributed by atoms with Crippen LogP contribution in [0.1, 0.15) is 6.42 Å². The minimum absolute atomic E-state index is 0.0646. The highest BCUT2D eigenvalue weighted by Crippen LogP contribution is 2.23. The van der Waals surface area contributed by atoms with Gasteiger partial charge in [0.25, 0.3) is 20.2 Å². The summed E-state index contributed by atoms with van der Waals surface area (Å²) in [5.41, 5.74) is 0. The van der Waals surface area contributed by atoms with Crippen LogP contribution in [0.15, 0.2) is 0 Å². The van der Waals surface area contributed by atoms with Crippen LogP contribution in [0.2, 0.25) is 0 Å². The third-order valence-electron chi connectivity index (χ3n) is 1.93. The van der Waals surface area contributed by atoms with Crippen LogP contribution >= 0.6 is 0 Å². The number of hydrogen-bond acceptors (Lipinski definition) is 8. The van der Waals surface area contributed by atoms with E-state index < -0.39 is 45.3 Å². The molecule has 1 rings (SSSR count). The van der Waals surface area contributed by atoms with Gasteiger partial charge in [-0.15, -0.1) is 0 Å². The van der Waals surface area contributed by atoms with Crippen molar-refractivity contribution >= 4 is 20.2 Å². The maximum atomic E-state index is 10.9. The van der Waals surface area contributed by atoms with Crippen LogP contribution in [-0.2, 0) is 33.3 Å². The first-order valence-electron chi connectivity index (χ1n) is 4.63. The average Bonchev–Trinajstić information content (AvgIpc) is 2.38. The number of rotatable bonds is 5. The van der Waals surface area contributed by atoms with E-state index in [0.29, 0.717) is 0 Å². The van der Waals surface area contributed by atoms with Crippen LogP contribution < -0.4 is 0 Å². The quantitative estimate of drug-likeness (QED) is 0.603. The van der Waals surface area contributed by atoms with Crippen molar-refractivity contribution in [3.63, 3.8) is 0 Å². The Balaban J connectivity index is 2.63. The van der Waals surface area contributed by atoms with Gasteiger partial charge in [0, 0.05) is 6.42 Å². The Hall–Kier alpha value is -0.260. The summed E-state index contributed by atoms with van der Waals surface area (Å²) in [4.78, 5) is 0. The first kappa shape index (κ1) is 14.8. The molecule has 0 aromatic carbocycles. The van der Waals surface area contributed by atoms with Gasteiger partial charge in [-0.25, -0.2) is 0 Å². The van der Waals surface area contributed by atoms with Crippen molar-refractivity contribution in [1.29, 1.82) is 0 Å².